The van der Waals surface area contributed by atoms with Gasteiger partial charge < -0.3 is 19.7 Å². The monoisotopic (exact) mass is 433 g/mol. The molecular formula is C18H19N5O4S2. The molecule has 0 saturated heterocycles. The number of carbonyl (C=O) groups is 2. The summed E-state index contributed by atoms with van der Waals surface area (Å²) in [5.74, 6) is 0.202. The lowest BCUT2D eigenvalue weighted by Gasteiger charge is -2.07. The fourth-order valence-electron chi connectivity index (χ4n) is 2.52. The van der Waals surface area contributed by atoms with E-state index in [0.717, 1.165) is 16.9 Å². The molecular weight excluding hydrogens is 414 g/mol. The van der Waals surface area contributed by atoms with Gasteiger partial charge in [0.2, 0.25) is 5.91 Å². The zero-order valence-electron chi connectivity index (χ0n) is 16.0. The van der Waals surface area contributed by atoms with Gasteiger partial charge in [-0.15, -0.1) is 10.2 Å². The van der Waals surface area contributed by atoms with E-state index < -0.39 is 5.97 Å². The van der Waals surface area contributed by atoms with Crippen LogP contribution in [-0.2, 0) is 16.1 Å². The summed E-state index contributed by atoms with van der Waals surface area (Å²) < 4.78 is 6.59. The van der Waals surface area contributed by atoms with Crippen LogP contribution in [0.3, 0.4) is 0 Å². The van der Waals surface area contributed by atoms with Crippen molar-refractivity contribution in [2.45, 2.75) is 25.5 Å². The number of phenolic OH excluding ortho intramolecular Hbond substituents is 1. The number of anilines is 1. The highest BCUT2D eigenvalue weighted by Crippen LogP contribution is 2.26. The lowest BCUT2D eigenvalue weighted by atomic mass is 10.2. The van der Waals surface area contributed by atoms with Crippen LogP contribution >= 0.6 is 23.1 Å². The van der Waals surface area contributed by atoms with Gasteiger partial charge in [-0.25, -0.2) is 9.78 Å². The van der Waals surface area contributed by atoms with Gasteiger partial charge in [0.05, 0.1) is 18.6 Å². The van der Waals surface area contributed by atoms with E-state index in [1.165, 1.54) is 18.9 Å². The normalized spacial score (nSPS) is 10.7. The number of thioether (sulfide) groups is 1. The highest BCUT2D eigenvalue weighted by molar-refractivity contribution is 7.99. The number of nitrogens with zero attached hydrogens (tertiary/aromatic N) is 4. The zero-order valence-corrected chi connectivity index (χ0v) is 17.6. The summed E-state index contributed by atoms with van der Waals surface area (Å²) in [7, 11) is 1.30. The van der Waals surface area contributed by atoms with E-state index in [4.69, 9.17) is 4.74 Å². The molecule has 3 aromatic rings. The van der Waals surface area contributed by atoms with Crippen molar-refractivity contribution in [1.29, 1.82) is 0 Å². The minimum Gasteiger partial charge on any atom is -0.508 e. The second kappa shape index (κ2) is 9.05. The molecule has 0 bridgehead atoms. The number of benzene rings is 1. The number of nitrogens with one attached hydrogen (secondary N) is 1. The summed E-state index contributed by atoms with van der Waals surface area (Å²) in [6.45, 7) is 4.27. The highest BCUT2D eigenvalue weighted by Gasteiger charge is 2.18. The van der Waals surface area contributed by atoms with Crippen LogP contribution in [0.1, 0.15) is 22.3 Å². The van der Waals surface area contributed by atoms with Gasteiger partial charge in [-0.05, 0) is 38.1 Å². The topological polar surface area (TPSA) is 119 Å². The maximum Gasteiger partial charge on any atom is 0.350 e. The average molecular weight is 434 g/mol. The molecule has 0 saturated carbocycles. The van der Waals surface area contributed by atoms with E-state index in [2.05, 4.69) is 20.5 Å². The zero-order chi connectivity index (χ0) is 21.0. The molecule has 0 aliphatic heterocycles. The number of phenols is 1. The largest absolute Gasteiger partial charge is 0.508 e. The number of aromatic hydroxyl groups is 1. The summed E-state index contributed by atoms with van der Waals surface area (Å²) in [6, 6.07) is 6.69. The highest BCUT2D eigenvalue weighted by atomic mass is 32.2. The third kappa shape index (κ3) is 4.74. The Balaban J connectivity index is 1.66. The quantitative estimate of drug-likeness (QED) is 0.431. The van der Waals surface area contributed by atoms with Gasteiger partial charge in [0.25, 0.3) is 0 Å². The number of hydrogen-bond acceptors (Lipinski definition) is 9. The molecule has 9 nitrogen and oxygen atoms in total. The lowest BCUT2D eigenvalue weighted by Crippen LogP contribution is -2.14. The standard InChI is InChI=1S/C18H19N5O4S2/c1-4-23-15(11-5-7-12(24)8-6-11)21-22-18(23)28-9-13(25)20-17-19-10(2)14(29-17)16(26)27-3/h5-8,24H,4,9H2,1-3H3,(H,19,20,25). The van der Waals surface area contributed by atoms with Crippen LogP contribution in [0.25, 0.3) is 11.4 Å². The molecule has 29 heavy (non-hydrogen) atoms. The summed E-state index contributed by atoms with van der Waals surface area (Å²) >= 11 is 2.32. The minimum atomic E-state index is -0.479. The SMILES string of the molecule is CCn1c(SCC(=O)Nc2nc(C)c(C(=O)OC)s2)nnc1-c1ccc(O)cc1. The molecule has 2 N–H and O–H groups in total. The van der Waals surface area contributed by atoms with Crippen LogP contribution < -0.4 is 5.32 Å². The Hall–Kier alpha value is -2.92. The van der Waals surface area contributed by atoms with Crippen molar-refractivity contribution in [3.8, 4) is 17.1 Å². The number of ether oxygens (including phenoxy) is 1. The summed E-state index contributed by atoms with van der Waals surface area (Å²) in [6.07, 6.45) is 0. The molecule has 2 heterocycles. The summed E-state index contributed by atoms with van der Waals surface area (Å²) in [5.41, 5.74) is 1.33. The van der Waals surface area contributed by atoms with E-state index in [1.807, 2.05) is 11.5 Å². The predicted molar refractivity (Wildman–Crippen MR) is 110 cm³/mol. The van der Waals surface area contributed by atoms with E-state index in [-0.39, 0.29) is 17.4 Å². The molecule has 0 radical (unpaired) electrons. The lowest BCUT2D eigenvalue weighted by molar-refractivity contribution is -0.113. The first kappa shape index (κ1) is 20.8. The Morgan fingerprint density at radius 3 is 2.66 bits per heavy atom. The Morgan fingerprint density at radius 2 is 2.00 bits per heavy atom. The van der Waals surface area contributed by atoms with Gasteiger partial charge in [-0.1, -0.05) is 23.1 Å². The van der Waals surface area contributed by atoms with Crippen LogP contribution in [0, 0.1) is 6.92 Å². The van der Waals surface area contributed by atoms with Gasteiger partial charge >= 0.3 is 5.97 Å². The number of rotatable bonds is 7. The smallest absolute Gasteiger partial charge is 0.350 e. The van der Waals surface area contributed by atoms with E-state index in [0.29, 0.717) is 33.2 Å². The Labute approximate surface area is 175 Å². The third-order valence-electron chi connectivity index (χ3n) is 3.90. The molecule has 0 unspecified atom stereocenters. The van der Waals surface area contributed by atoms with Gasteiger partial charge in [-0.2, -0.15) is 0 Å². The second-order valence-corrected chi connectivity index (χ2v) is 7.80. The minimum absolute atomic E-state index is 0.111. The van der Waals surface area contributed by atoms with Gasteiger partial charge in [0.15, 0.2) is 16.1 Å². The fraction of sp³-hybridized carbons (Fsp3) is 0.278. The number of carbonyl (C=O) groups excluding carboxylic acids is 2. The number of esters is 1. The Bertz CT molecular complexity index is 1030. The molecule has 0 aliphatic carbocycles. The van der Waals surface area contributed by atoms with Crippen molar-refractivity contribution in [2.24, 2.45) is 0 Å². The second-order valence-electron chi connectivity index (χ2n) is 5.86. The van der Waals surface area contributed by atoms with E-state index in [1.54, 1.807) is 31.2 Å². The number of thiazole rings is 1. The number of methoxy groups -OCH3 is 1. The first-order valence-electron chi connectivity index (χ1n) is 8.64. The van der Waals surface area contributed by atoms with Crippen molar-refractivity contribution in [1.82, 2.24) is 19.7 Å². The van der Waals surface area contributed by atoms with Crippen molar-refractivity contribution in [2.75, 3.05) is 18.2 Å². The van der Waals surface area contributed by atoms with Crippen molar-refractivity contribution < 1.29 is 19.4 Å². The van der Waals surface area contributed by atoms with Crippen molar-refractivity contribution in [3.63, 3.8) is 0 Å². The summed E-state index contributed by atoms with van der Waals surface area (Å²) in [5, 5.41) is 21.5. The molecule has 0 fully saturated rings. The molecule has 0 spiro atoms. The molecule has 1 amide bonds. The van der Waals surface area contributed by atoms with Crippen LogP contribution in [-0.4, -0.2) is 49.6 Å². The summed E-state index contributed by atoms with van der Waals surface area (Å²) in [4.78, 5) is 28.5. The van der Waals surface area contributed by atoms with Gasteiger partial charge in [0.1, 0.15) is 10.6 Å². The maximum absolute atomic E-state index is 12.3. The van der Waals surface area contributed by atoms with Crippen molar-refractivity contribution >= 4 is 40.1 Å². The first-order valence-corrected chi connectivity index (χ1v) is 10.4. The molecule has 11 heteroatoms. The van der Waals surface area contributed by atoms with E-state index >= 15 is 0 Å². The fourth-order valence-corrected chi connectivity index (χ4v) is 4.23. The number of amides is 1. The van der Waals surface area contributed by atoms with Crippen LogP contribution in [0.2, 0.25) is 0 Å². The average Bonchev–Trinajstić information content (AvgIpc) is 3.29. The molecule has 0 atom stereocenters. The molecule has 1 aromatic carbocycles. The molecule has 2 aromatic heterocycles. The molecule has 3 rings (SSSR count). The molecule has 0 aliphatic rings. The number of aryl methyl sites for hydroxylation is 1. The van der Waals surface area contributed by atoms with Crippen LogP contribution in [0.5, 0.6) is 5.75 Å². The number of aromatic nitrogens is 4. The maximum atomic E-state index is 12.3. The molecule has 152 valence electrons. The first-order chi connectivity index (χ1) is 13.9. The van der Waals surface area contributed by atoms with Gasteiger partial charge in [0, 0.05) is 12.1 Å². The van der Waals surface area contributed by atoms with Crippen LogP contribution in [0.4, 0.5) is 5.13 Å². The number of hydrogen-bond donors (Lipinski definition) is 2. The Kier molecular flexibility index (Phi) is 6.49. The predicted octanol–water partition coefficient (Wildman–Crippen LogP) is 2.95. The van der Waals surface area contributed by atoms with Crippen LogP contribution in [0.15, 0.2) is 29.4 Å². The van der Waals surface area contributed by atoms with Crippen molar-refractivity contribution in [3.05, 3.63) is 34.8 Å². The Morgan fingerprint density at radius 1 is 1.28 bits per heavy atom. The van der Waals surface area contributed by atoms with Gasteiger partial charge in [-0.3, -0.25) is 4.79 Å². The third-order valence-corrected chi connectivity index (χ3v) is 5.92. The van der Waals surface area contributed by atoms with E-state index in [9.17, 15) is 14.7 Å².